The molecule has 0 aliphatic carbocycles. The van der Waals surface area contributed by atoms with E-state index < -0.39 is 17.7 Å². The van der Waals surface area contributed by atoms with Crippen molar-refractivity contribution in [1.29, 1.82) is 0 Å². The van der Waals surface area contributed by atoms with Crippen LogP contribution in [0, 0.1) is 19.7 Å². The maximum absolute atomic E-state index is 14.4. The number of carbonyl (C=O) groups is 1. The molecular weight excluding hydrogens is 567 g/mol. The molecule has 1 N–H and O–H groups in total. The Morgan fingerprint density at radius 1 is 0.978 bits per heavy atom. The molecule has 3 aromatic carbocycles. The second-order valence-electron chi connectivity index (χ2n) is 13.2. The quantitative estimate of drug-likeness (QED) is 0.229. The molecule has 45 heavy (non-hydrogen) atoms. The van der Waals surface area contributed by atoms with E-state index in [1.165, 1.54) is 17.2 Å². The van der Waals surface area contributed by atoms with Gasteiger partial charge in [-0.2, -0.15) is 0 Å². The van der Waals surface area contributed by atoms with Gasteiger partial charge in [0, 0.05) is 47.7 Å². The molecule has 6 rings (SSSR count). The average molecular weight is 609 g/mol. The Morgan fingerprint density at radius 2 is 1.71 bits per heavy atom. The Balaban J connectivity index is 1.47. The number of rotatable bonds is 7. The molecule has 0 saturated heterocycles. The van der Waals surface area contributed by atoms with Crippen molar-refractivity contribution in [3.8, 4) is 28.0 Å². The highest BCUT2D eigenvalue weighted by Gasteiger charge is 2.34. The molecule has 0 spiro atoms. The van der Waals surface area contributed by atoms with Gasteiger partial charge in [-0.15, -0.1) is 0 Å². The Morgan fingerprint density at radius 3 is 2.47 bits per heavy atom. The van der Waals surface area contributed by atoms with Gasteiger partial charge in [-0.3, -0.25) is 9.88 Å². The molecule has 3 heterocycles. The number of fused-ring (bicyclic) bond motifs is 2. The van der Waals surface area contributed by atoms with Crippen LogP contribution in [0.25, 0.3) is 22.3 Å². The van der Waals surface area contributed by atoms with Crippen LogP contribution in [0.1, 0.15) is 72.5 Å². The summed E-state index contributed by atoms with van der Waals surface area (Å²) >= 11 is 0. The van der Waals surface area contributed by atoms with E-state index in [1.807, 2.05) is 58.9 Å². The summed E-state index contributed by atoms with van der Waals surface area (Å²) in [6.45, 7) is 12.3. The first-order valence-corrected chi connectivity index (χ1v) is 15.7. The van der Waals surface area contributed by atoms with Crippen molar-refractivity contribution in [2.45, 2.75) is 78.7 Å². The highest BCUT2D eigenvalue weighted by molar-refractivity contribution is 5.91. The minimum Gasteiger partial charge on any atom is -0.493 e. The lowest BCUT2D eigenvalue weighted by Gasteiger charge is -2.31. The normalized spacial score (nSPS) is 15.6. The zero-order valence-corrected chi connectivity index (χ0v) is 26.7. The third kappa shape index (κ3) is 6.51. The van der Waals surface area contributed by atoms with Gasteiger partial charge in [0.05, 0.1) is 12.2 Å². The molecule has 4 aromatic rings. The summed E-state index contributed by atoms with van der Waals surface area (Å²) in [7, 11) is 0. The summed E-state index contributed by atoms with van der Waals surface area (Å²) in [5.41, 5.74) is 9.29. The highest BCUT2D eigenvalue weighted by atomic mass is 19.1. The van der Waals surface area contributed by atoms with Crippen molar-refractivity contribution in [3.63, 3.8) is 0 Å². The predicted octanol–water partition coefficient (Wildman–Crippen LogP) is 8.00. The molecule has 0 bridgehead atoms. The summed E-state index contributed by atoms with van der Waals surface area (Å²) in [6, 6.07) is 19.6. The summed E-state index contributed by atoms with van der Waals surface area (Å²) < 4.78 is 26.5. The summed E-state index contributed by atoms with van der Waals surface area (Å²) in [4.78, 5) is 20.1. The number of aromatic nitrogens is 1. The van der Waals surface area contributed by atoms with E-state index in [-0.39, 0.29) is 5.82 Å². The number of pyridine rings is 1. The van der Waals surface area contributed by atoms with Crippen molar-refractivity contribution in [2.75, 3.05) is 13.2 Å². The number of aliphatic carboxylic acids is 1. The summed E-state index contributed by atoms with van der Waals surface area (Å²) in [5, 5.41) is 10.5. The van der Waals surface area contributed by atoms with Gasteiger partial charge in [0.25, 0.3) is 0 Å². The van der Waals surface area contributed by atoms with E-state index in [1.54, 1.807) is 6.07 Å². The summed E-state index contributed by atoms with van der Waals surface area (Å²) in [5.74, 6) is -0.342. The number of aryl methyl sites for hydroxylation is 3. The first-order chi connectivity index (χ1) is 21.5. The van der Waals surface area contributed by atoms with Crippen LogP contribution >= 0.6 is 0 Å². The first kappa shape index (κ1) is 30.9. The summed E-state index contributed by atoms with van der Waals surface area (Å²) in [6.07, 6.45) is 1.47. The van der Waals surface area contributed by atoms with Crippen LogP contribution in [0.2, 0.25) is 0 Å². The molecule has 2 aliphatic heterocycles. The molecule has 0 unspecified atom stereocenters. The van der Waals surface area contributed by atoms with E-state index >= 15 is 0 Å². The van der Waals surface area contributed by atoms with Crippen molar-refractivity contribution in [3.05, 3.63) is 106 Å². The number of halogens is 1. The van der Waals surface area contributed by atoms with E-state index in [4.69, 9.17) is 14.5 Å². The van der Waals surface area contributed by atoms with Crippen LogP contribution in [0.15, 0.2) is 60.7 Å². The van der Waals surface area contributed by atoms with Crippen LogP contribution < -0.4 is 4.74 Å². The SMILES string of the molecule is Cc1nc(C)c([C@H](OC(C)(C)C)C(=O)O)c(-c2ccc3c(c2)CCCO3)c1-c1ccc2c(c1)CCN(Cc1ccccc1F)C2. The average Bonchev–Trinajstić information content (AvgIpc) is 3.00. The number of hydrogen-bond acceptors (Lipinski definition) is 5. The molecule has 0 amide bonds. The van der Waals surface area contributed by atoms with Crippen LogP contribution in [0.3, 0.4) is 0 Å². The third-order valence-corrected chi connectivity index (χ3v) is 8.70. The molecular formula is C38H41FN2O4. The van der Waals surface area contributed by atoms with E-state index in [0.717, 1.165) is 71.6 Å². The smallest absolute Gasteiger partial charge is 0.337 e. The van der Waals surface area contributed by atoms with Gasteiger partial charge in [-0.05, 0) is 105 Å². The maximum atomic E-state index is 14.4. The molecule has 0 radical (unpaired) electrons. The zero-order valence-electron chi connectivity index (χ0n) is 26.7. The fraction of sp³-hybridized carbons (Fsp3) is 0.368. The van der Waals surface area contributed by atoms with E-state index in [0.29, 0.717) is 30.0 Å². The van der Waals surface area contributed by atoms with E-state index in [9.17, 15) is 14.3 Å². The van der Waals surface area contributed by atoms with Crippen LogP contribution in [0.4, 0.5) is 4.39 Å². The molecule has 7 heteroatoms. The number of nitrogens with zero attached hydrogens (tertiary/aromatic N) is 2. The third-order valence-electron chi connectivity index (χ3n) is 8.70. The highest BCUT2D eigenvalue weighted by Crippen LogP contribution is 2.44. The van der Waals surface area contributed by atoms with Gasteiger partial charge in [0.1, 0.15) is 11.6 Å². The Hall–Kier alpha value is -4.07. The second kappa shape index (κ2) is 12.4. The number of carboxylic acids is 1. The van der Waals surface area contributed by atoms with Gasteiger partial charge in [-0.1, -0.05) is 42.5 Å². The van der Waals surface area contributed by atoms with Crippen LogP contribution in [0.5, 0.6) is 5.75 Å². The lowest BCUT2D eigenvalue weighted by molar-refractivity contribution is -0.160. The Kier molecular flexibility index (Phi) is 8.51. The minimum atomic E-state index is -1.20. The number of hydrogen-bond donors (Lipinski definition) is 1. The topological polar surface area (TPSA) is 71.9 Å². The van der Waals surface area contributed by atoms with Gasteiger partial charge in [0.15, 0.2) is 6.10 Å². The molecule has 0 saturated carbocycles. The Labute approximate surface area is 264 Å². The number of carboxylic acid groups (broad SMARTS) is 1. The fourth-order valence-electron chi connectivity index (χ4n) is 6.71. The van der Waals surface area contributed by atoms with E-state index in [2.05, 4.69) is 29.2 Å². The molecule has 1 atom stereocenters. The number of benzene rings is 3. The maximum Gasteiger partial charge on any atom is 0.337 e. The molecule has 1 aromatic heterocycles. The molecule has 0 fully saturated rings. The van der Waals surface area contributed by atoms with Gasteiger partial charge in [-0.25, -0.2) is 9.18 Å². The van der Waals surface area contributed by atoms with Crippen molar-refractivity contribution < 1.29 is 23.8 Å². The lowest BCUT2D eigenvalue weighted by Crippen LogP contribution is -2.30. The van der Waals surface area contributed by atoms with Gasteiger partial charge < -0.3 is 14.6 Å². The monoisotopic (exact) mass is 608 g/mol. The molecule has 6 nitrogen and oxygen atoms in total. The Bertz CT molecular complexity index is 1760. The zero-order chi connectivity index (χ0) is 31.9. The molecule has 234 valence electrons. The minimum absolute atomic E-state index is 0.173. The standard InChI is InChI=1S/C38H41FN2O4/c1-23-33(27-12-13-29-21-41(17-16-25(29)19-27)22-30-9-6-7-11-31(30)39)35(28-14-15-32-26(20-28)10-8-18-44-32)34(24(2)40-23)36(37(42)43)45-38(3,4)5/h6-7,9,11-15,19-20,36H,8,10,16-18,21-22H2,1-5H3,(H,42,43)/t36-/m0/s1. The fourth-order valence-corrected chi connectivity index (χ4v) is 6.71. The molecule has 2 aliphatic rings. The largest absolute Gasteiger partial charge is 0.493 e. The predicted molar refractivity (Wildman–Crippen MR) is 174 cm³/mol. The number of ether oxygens (including phenoxy) is 2. The van der Waals surface area contributed by atoms with Crippen LogP contribution in [-0.2, 0) is 35.5 Å². The van der Waals surface area contributed by atoms with Gasteiger partial charge >= 0.3 is 5.97 Å². The van der Waals surface area contributed by atoms with Gasteiger partial charge in [0.2, 0.25) is 0 Å². The first-order valence-electron chi connectivity index (χ1n) is 15.7. The second-order valence-corrected chi connectivity index (χ2v) is 13.2. The van der Waals surface area contributed by atoms with Crippen LogP contribution in [-0.4, -0.2) is 39.7 Å². The van der Waals surface area contributed by atoms with Crippen molar-refractivity contribution in [2.24, 2.45) is 0 Å². The van der Waals surface area contributed by atoms with Crippen molar-refractivity contribution in [1.82, 2.24) is 9.88 Å². The lowest BCUT2D eigenvalue weighted by atomic mass is 9.84. The van der Waals surface area contributed by atoms with Crippen molar-refractivity contribution >= 4 is 5.97 Å².